The molecule has 0 amide bonds. The number of hydrogen-bond acceptors (Lipinski definition) is 6. The van der Waals surface area contributed by atoms with Crippen LogP contribution in [0.2, 0.25) is 0 Å². The maximum Gasteiger partial charge on any atom is 0.137 e. The molecular weight excluding hydrogens is 540 g/mol. The maximum absolute atomic E-state index is 5.06. The lowest BCUT2D eigenvalue weighted by Crippen LogP contribution is -2.23. The lowest BCUT2D eigenvalue weighted by Gasteiger charge is -2.18. The van der Waals surface area contributed by atoms with Crippen LogP contribution in [-0.2, 0) is 25.7 Å². The van der Waals surface area contributed by atoms with Gasteiger partial charge in [-0.05, 0) is 80.6 Å². The van der Waals surface area contributed by atoms with Crippen LogP contribution in [0.1, 0.15) is 64.4 Å². The number of hydrogen-bond donors (Lipinski definition) is 1. The van der Waals surface area contributed by atoms with Gasteiger partial charge in [0, 0.05) is 36.9 Å². The summed E-state index contributed by atoms with van der Waals surface area (Å²) in [4.78, 5) is 21.8. The molecule has 0 radical (unpaired) electrons. The van der Waals surface area contributed by atoms with E-state index in [4.69, 9.17) is 9.97 Å². The summed E-state index contributed by atoms with van der Waals surface area (Å²) in [5.74, 6) is 1.86. The van der Waals surface area contributed by atoms with Crippen molar-refractivity contribution in [2.45, 2.75) is 51.9 Å². The fourth-order valence-electron chi connectivity index (χ4n) is 6.79. The van der Waals surface area contributed by atoms with Crippen molar-refractivity contribution in [1.29, 1.82) is 0 Å². The Hall–Kier alpha value is -4.42. The molecule has 0 unspecified atom stereocenters. The molecular formula is C38H40N6. The molecule has 0 atom stereocenters. The zero-order valence-corrected chi connectivity index (χ0v) is 25.8. The van der Waals surface area contributed by atoms with Gasteiger partial charge in [0.2, 0.25) is 0 Å². The van der Waals surface area contributed by atoms with Gasteiger partial charge in [-0.3, -0.25) is 0 Å². The fourth-order valence-corrected chi connectivity index (χ4v) is 6.79. The van der Waals surface area contributed by atoms with Gasteiger partial charge in [-0.2, -0.15) is 0 Å². The number of unbranched alkanes of at least 4 members (excludes halogenated alkanes) is 1. The van der Waals surface area contributed by atoms with Crippen LogP contribution in [0.5, 0.6) is 0 Å². The molecule has 0 spiro atoms. The van der Waals surface area contributed by atoms with E-state index in [-0.39, 0.29) is 0 Å². The molecule has 2 aliphatic carbocycles. The van der Waals surface area contributed by atoms with E-state index >= 15 is 0 Å². The Morgan fingerprint density at radius 2 is 1.55 bits per heavy atom. The number of nitrogens with one attached hydrogen (secondary N) is 1. The molecule has 0 bridgehead atoms. The zero-order valence-electron chi connectivity index (χ0n) is 25.8. The molecule has 6 heteroatoms. The van der Waals surface area contributed by atoms with E-state index in [9.17, 15) is 0 Å². The van der Waals surface area contributed by atoms with Crippen molar-refractivity contribution in [3.05, 3.63) is 124 Å². The van der Waals surface area contributed by atoms with E-state index in [0.29, 0.717) is 0 Å². The normalized spacial score (nSPS) is 12.6. The monoisotopic (exact) mass is 580 g/mol. The first-order valence-corrected chi connectivity index (χ1v) is 16.0. The average Bonchev–Trinajstić information content (AvgIpc) is 3.60. The number of rotatable bonds is 12. The van der Waals surface area contributed by atoms with Gasteiger partial charge in [0.1, 0.15) is 18.0 Å². The molecule has 7 rings (SSSR count). The molecule has 2 aromatic heterocycles. The number of benzene rings is 3. The number of aryl methyl sites for hydroxylation is 2. The van der Waals surface area contributed by atoms with Gasteiger partial charge in [-0.15, -0.1) is 0 Å². The molecule has 0 saturated heterocycles. The average molecular weight is 581 g/mol. The fraction of sp³-hybridized carbons (Fsp3) is 0.316. The van der Waals surface area contributed by atoms with Gasteiger partial charge < -0.3 is 10.2 Å². The number of aromatic nitrogens is 4. The maximum atomic E-state index is 5.06. The minimum absolute atomic E-state index is 0.741. The second-order valence-corrected chi connectivity index (χ2v) is 12.3. The Balaban J connectivity index is 0.934. The quantitative estimate of drug-likeness (QED) is 0.156. The Bertz CT molecular complexity index is 1780. The van der Waals surface area contributed by atoms with Gasteiger partial charge in [0.05, 0.1) is 17.1 Å². The van der Waals surface area contributed by atoms with Crippen molar-refractivity contribution in [1.82, 2.24) is 24.8 Å². The van der Waals surface area contributed by atoms with Gasteiger partial charge in [0.15, 0.2) is 0 Å². The van der Waals surface area contributed by atoms with Crippen LogP contribution in [0, 0.1) is 6.92 Å². The van der Waals surface area contributed by atoms with Crippen LogP contribution in [0.4, 0.5) is 5.82 Å². The van der Waals surface area contributed by atoms with E-state index < -0.39 is 0 Å². The second-order valence-electron chi connectivity index (χ2n) is 12.3. The summed E-state index contributed by atoms with van der Waals surface area (Å²) >= 11 is 0. The predicted octanol–water partition coefficient (Wildman–Crippen LogP) is 7.06. The summed E-state index contributed by atoms with van der Waals surface area (Å²) in [6.45, 7) is 5.17. The van der Waals surface area contributed by atoms with Crippen molar-refractivity contribution >= 4 is 5.82 Å². The molecule has 0 saturated carbocycles. The summed E-state index contributed by atoms with van der Waals surface area (Å²) in [5, 5.41) is 3.71. The molecule has 2 heterocycles. The molecule has 44 heavy (non-hydrogen) atoms. The highest BCUT2D eigenvalue weighted by Gasteiger charge is 2.25. The largest absolute Gasteiger partial charge is 0.369 e. The van der Waals surface area contributed by atoms with E-state index in [0.717, 1.165) is 81.9 Å². The minimum atomic E-state index is 0.741. The Kier molecular flexibility index (Phi) is 8.16. The molecule has 2 aliphatic rings. The smallest absolute Gasteiger partial charge is 0.137 e. The second kappa shape index (κ2) is 12.7. The lowest BCUT2D eigenvalue weighted by molar-refractivity contribution is 0.324. The van der Waals surface area contributed by atoms with Crippen LogP contribution >= 0.6 is 0 Å². The Morgan fingerprint density at radius 1 is 0.750 bits per heavy atom. The highest BCUT2D eigenvalue weighted by molar-refractivity contribution is 5.84. The van der Waals surface area contributed by atoms with Crippen molar-refractivity contribution in [3.63, 3.8) is 0 Å². The first-order chi connectivity index (χ1) is 21.6. The summed E-state index contributed by atoms with van der Waals surface area (Å²) < 4.78 is 0. The predicted molar refractivity (Wildman–Crippen MR) is 178 cm³/mol. The minimum Gasteiger partial charge on any atom is -0.369 e. The van der Waals surface area contributed by atoms with Gasteiger partial charge in [-0.25, -0.2) is 19.9 Å². The van der Waals surface area contributed by atoms with Crippen molar-refractivity contribution < 1.29 is 0 Å². The third kappa shape index (κ3) is 6.00. The Labute approximate surface area is 260 Å². The van der Waals surface area contributed by atoms with Crippen LogP contribution in [0.25, 0.3) is 22.3 Å². The molecule has 5 aromatic rings. The summed E-state index contributed by atoms with van der Waals surface area (Å²) in [7, 11) is 2.23. The SMILES string of the molecule is Cc1ccc2c(c1)Cc1nc(Cc3ccccc3)nc(NCCCN(C)CCCCc3ncnc4c3-c3ccccc3C4)c1-2. The lowest BCUT2D eigenvalue weighted by atomic mass is 10.0. The summed E-state index contributed by atoms with van der Waals surface area (Å²) in [6, 6.07) is 25.9. The van der Waals surface area contributed by atoms with E-state index in [2.05, 4.69) is 107 Å². The van der Waals surface area contributed by atoms with Gasteiger partial charge in [0.25, 0.3) is 0 Å². The summed E-state index contributed by atoms with van der Waals surface area (Å²) in [5.41, 5.74) is 13.8. The van der Waals surface area contributed by atoms with E-state index in [1.807, 2.05) is 0 Å². The van der Waals surface area contributed by atoms with Crippen molar-refractivity contribution in [3.8, 4) is 22.3 Å². The Morgan fingerprint density at radius 3 is 2.45 bits per heavy atom. The third-order valence-corrected chi connectivity index (χ3v) is 8.98. The van der Waals surface area contributed by atoms with E-state index in [1.54, 1.807) is 6.33 Å². The van der Waals surface area contributed by atoms with Crippen LogP contribution in [0.15, 0.2) is 79.1 Å². The van der Waals surface area contributed by atoms with E-state index in [1.165, 1.54) is 55.9 Å². The van der Waals surface area contributed by atoms with Crippen LogP contribution in [-0.4, -0.2) is 51.5 Å². The highest BCUT2D eigenvalue weighted by atomic mass is 15.1. The number of anilines is 1. The number of fused-ring (bicyclic) bond motifs is 6. The van der Waals surface area contributed by atoms with Gasteiger partial charge in [-0.1, -0.05) is 78.4 Å². The first-order valence-electron chi connectivity index (χ1n) is 16.0. The highest BCUT2D eigenvalue weighted by Crippen LogP contribution is 2.40. The van der Waals surface area contributed by atoms with Crippen LogP contribution < -0.4 is 5.32 Å². The number of nitrogens with zero attached hydrogens (tertiary/aromatic N) is 5. The first kappa shape index (κ1) is 28.4. The van der Waals surface area contributed by atoms with Gasteiger partial charge >= 0.3 is 0 Å². The van der Waals surface area contributed by atoms with Crippen molar-refractivity contribution in [2.24, 2.45) is 0 Å². The van der Waals surface area contributed by atoms with Crippen molar-refractivity contribution in [2.75, 3.05) is 32.0 Å². The molecule has 3 aromatic carbocycles. The molecule has 6 nitrogen and oxygen atoms in total. The summed E-state index contributed by atoms with van der Waals surface area (Å²) in [6.07, 6.45) is 8.63. The zero-order chi connectivity index (χ0) is 29.9. The standard InChI is InChI=1S/C38H40N6/c1-26-16-17-31-29(21-26)24-34-37(31)38(43-35(42-34)22-27-11-4-3-5-12-27)39-18-10-20-44(2)19-9-8-15-32-36-30-14-7-6-13-28(30)23-33(36)41-25-40-32/h3-7,11-14,16-17,21,25H,8-10,15,18-20,22-24H2,1-2H3,(H,39,42,43). The molecule has 0 fully saturated rings. The molecule has 222 valence electrons. The van der Waals surface area contributed by atoms with Crippen LogP contribution in [0.3, 0.4) is 0 Å². The topological polar surface area (TPSA) is 66.8 Å². The third-order valence-electron chi connectivity index (χ3n) is 8.98. The molecule has 0 aliphatic heterocycles. The molecule has 1 N–H and O–H groups in total.